The molecule has 2 rings (SSSR count). The Morgan fingerprint density at radius 3 is 2.65 bits per heavy atom. The van der Waals surface area contributed by atoms with Crippen molar-refractivity contribution >= 4 is 12.0 Å². The molecule has 0 radical (unpaired) electrons. The van der Waals surface area contributed by atoms with Gasteiger partial charge in [0.1, 0.15) is 12.6 Å². The highest BCUT2D eigenvalue weighted by atomic mass is 16.5. The van der Waals surface area contributed by atoms with Crippen LogP contribution in [0.5, 0.6) is 0 Å². The van der Waals surface area contributed by atoms with Crippen molar-refractivity contribution in [1.82, 2.24) is 0 Å². The molecule has 1 aromatic carbocycles. The largest absolute Gasteiger partial charge is 0.475 e. The average Bonchev–Trinajstić information content (AvgIpc) is 3.27. The maximum absolute atomic E-state index is 5.65. The predicted octanol–water partition coefficient (Wildman–Crippen LogP) is 7.34. The summed E-state index contributed by atoms with van der Waals surface area (Å²) in [6.07, 6.45) is 20.6. The first-order valence-corrected chi connectivity index (χ1v) is 11.2. The van der Waals surface area contributed by atoms with Gasteiger partial charge in [0.15, 0.2) is 0 Å². The fraction of sp³-hybridized carbons (Fsp3) is 0.393. The molecule has 2 atom stereocenters. The van der Waals surface area contributed by atoms with Crippen LogP contribution in [0.1, 0.15) is 51.5 Å². The lowest BCUT2D eigenvalue weighted by molar-refractivity contribution is 0.0924. The number of hydrogen-bond acceptors (Lipinski definition) is 3. The van der Waals surface area contributed by atoms with Gasteiger partial charge in [0.25, 0.3) is 0 Å². The lowest BCUT2D eigenvalue weighted by Gasteiger charge is -2.12. The molecular weight excluding hydrogens is 382 g/mol. The van der Waals surface area contributed by atoms with E-state index in [0.29, 0.717) is 18.6 Å². The Morgan fingerprint density at radius 2 is 1.94 bits per heavy atom. The molecule has 3 heteroatoms. The number of unbranched alkanes of at least 4 members (excludes halogenated alkanes) is 1. The lowest BCUT2D eigenvalue weighted by Crippen LogP contribution is -2.08. The van der Waals surface area contributed by atoms with Gasteiger partial charge in [0.05, 0.1) is 6.10 Å². The van der Waals surface area contributed by atoms with Gasteiger partial charge in [-0.25, -0.2) is 4.99 Å². The van der Waals surface area contributed by atoms with Gasteiger partial charge >= 0.3 is 0 Å². The summed E-state index contributed by atoms with van der Waals surface area (Å²) in [5.74, 6) is 0.711. The van der Waals surface area contributed by atoms with Crippen LogP contribution in [0.3, 0.4) is 0 Å². The van der Waals surface area contributed by atoms with Crippen molar-refractivity contribution in [1.29, 1.82) is 0 Å². The zero-order valence-corrected chi connectivity index (χ0v) is 19.5. The van der Waals surface area contributed by atoms with Crippen molar-refractivity contribution in [3.63, 3.8) is 0 Å². The maximum Gasteiger partial charge on any atom is 0.209 e. The summed E-state index contributed by atoms with van der Waals surface area (Å²) in [5.41, 5.74) is 2.55. The molecule has 1 aliphatic heterocycles. The molecule has 1 heterocycles. The van der Waals surface area contributed by atoms with E-state index in [4.69, 9.17) is 9.47 Å². The fourth-order valence-corrected chi connectivity index (χ4v) is 3.07. The molecule has 0 bridgehead atoms. The molecule has 0 aliphatic carbocycles. The highest BCUT2D eigenvalue weighted by Crippen LogP contribution is 2.12. The number of nitrogens with zero attached hydrogens (tertiary/aromatic N) is 1. The van der Waals surface area contributed by atoms with E-state index in [-0.39, 0.29) is 6.04 Å². The van der Waals surface area contributed by atoms with Gasteiger partial charge in [-0.15, -0.1) is 13.2 Å². The van der Waals surface area contributed by atoms with E-state index in [2.05, 4.69) is 74.5 Å². The molecule has 1 aromatic rings. The molecule has 0 saturated carbocycles. The second-order valence-electron chi connectivity index (χ2n) is 7.34. The number of benzene rings is 1. The summed E-state index contributed by atoms with van der Waals surface area (Å²) < 4.78 is 11.1. The van der Waals surface area contributed by atoms with E-state index in [1.165, 1.54) is 5.57 Å². The SMILES string of the molecule is C=C.CC[C@@H](CC/C(C)=C/C=C/CC/C=C\[C@@H]1COC(/C=C/c2ccccc2)=N1)OC. The summed E-state index contributed by atoms with van der Waals surface area (Å²) in [4.78, 5) is 4.59. The van der Waals surface area contributed by atoms with Gasteiger partial charge in [0, 0.05) is 13.2 Å². The van der Waals surface area contributed by atoms with E-state index < -0.39 is 0 Å². The number of hydrogen-bond donors (Lipinski definition) is 0. The van der Waals surface area contributed by atoms with Crippen molar-refractivity contribution in [3.05, 3.63) is 91.1 Å². The van der Waals surface area contributed by atoms with Gasteiger partial charge in [0.2, 0.25) is 5.90 Å². The first kappa shape index (κ1) is 26.4. The van der Waals surface area contributed by atoms with E-state index in [0.717, 1.165) is 37.7 Å². The summed E-state index contributed by atoms with van der Waals surface area (Å²) in [7, 11) is 1.80. The predicted molar refractivity (Wildman–Crippen MR) is 135 cm³/mol. The molecule has 0 unspecified atom stereocenters. The molecule has 0 fully saturated rings. The minimum absolute atomic E-state index is 0.129. The van der Waals surface area contributed by atoms with Crippen LogP contribution < -0.4 is 0 Å². The van der Waals surface area contributed by atoms with Crippen LogP contribution in [-0.4, -0.2) is 31.8 Å². The molecule has 0 saturated heterocycles. The summed E-state index contributed by atoms with van der Waals surface area (Å²) in [6, 6.07) is 10.3. The van der Waals surface area contributed by atoms with Crippen LogP contribution in [0.2, 0.25) is 0 Å². The average molecular weight is 422 g/mol. The van der Waals surface area contributed by atoms with Crippen molar-refractivity contribution in [2.75, 3.05) is 13.7 Å². The Labute approximate surface area is 189 Å². The van der Waals surface area contributed by atoms with Gasteiger partial charge in [-0.2, -0.15) is 0 Å². The van der Waals surface area contributed by atoms with Crippen molar-refractivity contribution in [2.45, 2.75) is 58.1 Å². The second kappa shape index (κ2) is 17.1. The van der Waals surface area contributed by atoms with E-state index in [1.807, 2.05) is 30.4 Å². The lowest BCUT2D eigenvalue weighted by atomic mass is 10.1. The Hall–Kier alpha value is -2.65. The van der Waals surface area contributed by atoms with Crippen LogP contribution >= 0.6 is 0 Å². The number of methoxy groups -OCH3 is 1. The molecule has 168 valence electrons. The quantitative estimate of drug-likeness (QED) is 0.201. The Balaban J connectivity index is 0.00000233. The van der Waals surface area contributed by atoms with Crippen molar-refractivity contribution in [2.24, 2.45) is 4.99 Å². The Kier molecular flexibility index (Phi) is 14.5. The Bertz CT molecular complexity index is 740. The molecular formula is C28H39NO2. The topological polar surface area (TPSA) is 30.8 Å². The van der Waals surface area contributed by atoms with E-state index in [1.54, 1.807) is 7.11 Å². The van der Waals surface area contributed by atoms with Crippen LogP contribution in [0, 0.1) is 0 Å². The first-order chi connectivity index (χ1) is 15.2. The van der Waals surface area contributed by atoms with E-state index in [9.17, 15) is 0 Å². The number of ether oxygens (including phenoxy) is 2. The normalized spacial score (nSPS) is 17.6. The molecule has 1 aliphatic rings. The highest BCUT2D eigenvalue weighted by Gasteiger charge is 2.13. The molecule has 0 aromatic heterocycles. The Morgan fingerprint density at radius 1 is 1.19 bits per heavy atom. The smallest absolute Gasteiger partial charge is 0.209 e. The minimum atomic E-state index is 0.129. The summed E-state index contributed by atoms with van der Waals surface area (Å²) >= 11 is 0. The third kappa shape index (κ3) is 12.0. The van der Waals surface area contributed by atoms with Crippen LogP contribution in [0.4, 0.5) is 0 Å². The monoisotopic (exact) mass is 421 g/mol. The summed E-state index contributed by atoms with van der Waals surface area (Å²) in [6.45, 7) is 11.0. The molecule has 31 heavy (non-hydrogen) atoms. The van der Waals surface area contributed by atoms with Crippen LogP contribution in [0.25, 0.3) is 6.08 Å². The van der Waals surface area contributed by atoms with Gasteiger partial charge in [-0.05, 0) is 50.7 Å². The molecule has 3 nitrogen and oxygen atoms in total. The fourth-order valence-electron chi connectivity index (χ4n) is 3.07. The van der Waals surface area contributed by atoms with Gasteiger partial charge < -0.3 is 9.47 Å². The summed E-state index contributed by atoms with van der Waals surface area (Å²) in [5, 5.41) is 0. The van der Waals surface area contributed by atoms with Gasteiger partial charge in [-0.1, -0.05) is 73.2 Å². The molecule has 0 N–H and O–H groups in total. The third-order valence-corrected chi connectivity index (χ3v) is 4.94. The minimum Gasteiger partial charge on any atom is -0.475 e. The maximum atomic E-state index is 5.65. The number of rotatable bonds is 12. The second-order valence-corrected chi connectivity index (χ2v) is 7.34. The standard InChI is InChI=1S/C26H35NO2.C2H4/c1-4-25(28-3)19-17-22(2)13-9-6-5-7-12-16-24-21-29-26(27-24)20-18-23-14-10-8-11-15-23;1-2/h6,8-16,18,20,24-25H,4-5,7,17,19,21H2,1-3H3;1-2H2/b9-6+,16-12-,20-18+,22-13+;/t24-,25+;/m1./s1. The van der Waals surface area contributed by atoms with Crippen molar-refractivity contribution < 1.29 is 9.47 Å². The van der Waals surface area contributed by atoms with Crippen LogP contribution in [0.15, 0.2) is 90.5 Å². The van der Waals surface area contributed by atoms with Crippen LogP contribution in [-0.2, 0) is 9.47 Å². The van der Waals surface area contributed by atoms with Crippen molar-refractivity contribution in [3.8, 4) is 0 Å². The zero-order valence-electron chi connectivity index (χ0n) is 19.5. The van der Waals surface area contributed by atoms with E-state index >= 15 is 0 Å². The number of aliphatic imine (C=N–C) groups is 1. The number of allylic oxidation sites excluding steroid dienone is 5. The highest BCUT2D eigenvalue weighted by molar-refractivity contribution is 5.93. The first-order valence-electron chi connectivity index (χ1n) is 11.2. The zero-order chi connectivity index (χ0) is 22.7. The van der Waals surface area contributed by atoms with Gasteiger partial charge in [-0.3, -0.25) is 0 Å². The molecule has 0 amide bonds. The third-order valence-electron chi connectivity index (χ3n) is 4.94. The molecule has 0 spiro atoms.